The third-order valence-electron chi connectivity index (χ3n) is 2.04. The second-order valence-electron chi connectivity index (χ2n) is 3.20. The summed E-state index contributed by atoms with van der Waals surface area (Å²) in [5.41, 5.74) is 0.947. The Morgan fingerprint density at radius 1 is 1.25 bits per heavy atom. The maximum Gasteiger partial charge on any atom is 0.183 e. The van der Waals surface area contributed by atoms with E-state index in [0.717, 1.165) is 0 Å². The predicted molar refractivity (Wildman–Crippen MR) is 60.3 cm³/mol. The summed E-state index contributed by atoms with van der Waals surface area (Å²) in [6.45, 7) is 1.42. The van der Waals surface area contributed by atoms with E-state index in [-0.39, 0.29) is 11.5 Å². The Bertz CT molecular complexity index is 525. The fraction of sp³-hybridized carbons (Fsp3) is 0.0909. The molecule has 0 radical (unpaired) electrons. The normalized spacial score (nSPS) is 10.1. The molecule has 16 heavy (non-hydrogen) atoms. The molecule has 0 aliphatic heterocycles. The van der Waals surface area contributed by atoms with E-state index in [9.17, 15) is 4.79 Å². The first-order chi connectivity index (χ1) is 7.68. The number of rotatable bonds is 2. The average Bonchev–Trinajstić information content (AvgIpc) is 2.30. The lowest BCUT2D eigenvalue weighted by atomic mass is 10.2. The number of nitrogens with zero attached hydrogens (tertiary/aromatic N) is 3. The fourth-order valence-corrected chi connectivity index (χ4v) is 1.42. The van der Waals surface area contributed by atoms with Gasteiger partial charge in [0.25, 0.3) is 0 Å². The molecular formula is C11H8ClN3O. The van der Waals surface area contributed by atoms with Crippen LogP contribution in [0.3, 0.4) is 0 Å². The van der Waals surface area contributed by atoms with Gasteiger partial charge < -0.3 is 0 Å². The highest BCUT2D eigenvalue weighted by atomic mass is 35.5. The minimum Gasteiger partial charge on any atom is -0.293 e. The molecule has 0 aliphatic carbocycles. The molecule has 0 saturated heterocycles. The van der Waals surface area contributed by atoms with Gasteiger partial charge in [0.15, 0.2) is 11.6 Å². The molecular weight excluding hydrogens is 226 g/mol. The monoisotopic (exact) mass is 233 g/mol. The molecule has 2 rings (SSSR count). The van der Waals surface area contributed by atoms with Crippen molar-refractivity contribution in [1.82, 2.24) is 15.2 Å². The molecule has 0 bridgehead atoms. The second-order valence-corrected chi connectivity index (χ2v) is 3.61. The number of aromatic nitrogens is 3. The molecule has 0 saturated carbocycles. The Hall–Kier alpha value is -1.81. The van der Waals surface area contributed by atoms with Crippen LogP contribution in [0.25, 0.3) is 11.4 Å². The predicted octanol–water partition coefficient (Wildman–Crippen LogP) is 2.39. The van der Waals surface area contributed by atoms with Crippen LogP contribution in [0.2, 0.25) is 5.02 Å². The van der Waals surface area contributed by atoms with Gasteiger partial charge in [-0.3, -0.25) is 4.79 Å². The third-order valence-corrected chi connectivity index (χ3v) is 2.37. The van der Waals surface area contributed by atoms with E-state index in [2.05, 4.69) is 15.2 Å². The topological polar surface area (TPSA) is 55.7 Å². The standard InChI is InChI=1S/C11H8ClN3O/c1-7(16)10-6-13-11(15-14-10)8-4-2-3-5-9(8)12/h2-6H,1H3. The summed E-state index contributed by atoms with van der Waals surface area (Å²) in [6, 6.07) is 7.21. The van der Waals surface area contributed by atoms with Gasteiger partial charge in [0, 0.05) is 12.5 Å². The lowest BCUT2D eigenvalue weighted by molar-refractivity contribution is 0.101. The van der Waals surface area contributed by atoms with Gasteiger partial charge in [-0.15, -0.1) is 10.2 Å². The van der Waals surface area contributed by atoms with Crippen LogP contribution in [-0.4, -0.2) is 21.0 Å². The summed E-state index contributed by atoms with van der Waals surface area (Å²) in [6.07, 6.45) is 1.40. The highest BCUT2D eigenvalue weighted by Crippen LogP contribution is 2.23. The minimum absolute atomic E-state index is 0.161. The van der Waals surface area contributed by atoms with Gasteiger partial charge in [-0.1, -0.05) is 23.7 Å². The highest BCUT2D eigenvalue weighted by molar-refractivity contribution is 6.33. The quantitative estimate of drug-likeness (QED) is 0.748. The lowest BCUT2D eigenvalue weighted by Gasteiger charge is -2.01. The lowest BCUT2D eigenvalue weighted by Crippen LogP contribution is -2.02. The van der Waals surface area contributed by atoms with Crippen LogP contribution in [0.4, 0.5) is 0 Å². The summed E-state index contributed by atoms with van der Waals surface area (Å²) < 4.78 is 0. The number of ketones is 1. The van der Waals surface area contributed by atoms with E-state index >= 15 is 0 Å². The summed E-state index contributed by atoms with van der Waals surface area (Å²) in [4.78, 5) is 15.0. The zero-order valence-electron chi connectivity index (χ0n) is 8.51. The molecule has 2 aromatic rings. The van der Waals surface area contributed by atoms with Crippen molar-refractivity contribution >= 4 is 17.4 Å². The minimum atomic E-state index is -0.161. The van der Waals surface area contributed by atoms with Crippen molar-refractivity contribution in [2.75, 3.05) is 0 Å². The number of carbonyl (C=O) groups is 1. The van der Waals surface area contributed by atoms with E-state index in [1.54, 1.807) is 12.1 Å². The van der Waals surface area contributed by atoms with Crippen molar-refractivity contribution in [2.45, 2.75) is 6.92 Å². The first kappa shape index (κ1) is 10.7. The number of benzene rings is 1. The molecule has 80 valence electrons. The van der Waals surface area contributed by atoms with Crippen molar-refractivity contribution in [1.29, 1.82) is 0 Å². The fourth-order valence-electron chi connectivity index (χ4n) is 1.20. The van der Waals surface area contributed by atoms with Crippen LogP contribution >= 0.6 is 11.6 Å². The number of hydrogen-bond acceptors (Lipinski definition) is 4. The van der Waals surface area contributed by atoms with Crippen LogP contribution in [0.1, 0.15) is 17.4 Å². The third kappa shape index (κ3) is 2.06. The SMILES string of the molecule is CC(=O)c1cnc(-c2ccccc2Cl)nn1. The van der Waals surface area contributed by atoms with Gasteiger partial charge in [-0.25, -0.2) is 4.98 Å². The molecule has 1 aromatic carbocycles. The molecule has 0 N–H and O–H groups in total. The van der Waals surface area contributed by atoms with Gasteiger partial charge >= 0.3 is 0 Å². The van der Waals surface area contributed by atoms with Gasteiger partial charge in [0.2, 0.25) is 0 Å². The molecule has 1 heterocycles. The summed E-state index contributed by atoms with van der Waals surface area (Å²) >= 11 is 5.99. The summed E-state index contributed by atoms with van der Waals surface area (Å²) in [7, 11) is 0. The van der Waals surface area contributed by atoms with Gasteiger partial charge in [-0.2, -0.15) is 0 Å². The summed E-state index contributed by atoms with van der Waals surface area (Å²) in [5.74, 6) is 0.251. The molecule has 0 fully saturated rings. The van der Waals surface area contributed by atoms with E-state index in [1.807, 2.05) is 12.1 Å². The van der Waals surface area contributed by atoms with E-state index in [4.69, 9.17) is 11.6 Å². The molecule has 0 aliphatic rings. The van der Waals surface area contributed by atoms with E-state index < -0.39 is 0 Å². The van der Waals surface area contributed by atoms with Crippen molar-refractivity contribution in [3.05, 3.63) is 41.2 Å². The Balaban J connectivity index is 2.43. The molecule has 1 aromatic heterocycles. The largest absolute Gasteiger partial charge is 0.293 e. The van der Waals surface area contributed by atoms with Crippen LogP contribution in [0.15, 0.2) is 30.5 Å². The van der Waals surface area contributed by atoms with E-state index in [1.165, 1.54) is 13.1 Å². The zero-order valence-corrected chi connectivity index (χ0v) is 9.27. The Kier molecular flexibility index (Phi) is 2.92. The zero-order chi connectivity index (χ0) is 11.5. The van der Waals surface area contributed by atoms with Crippen LogP contribution in [0.5, 0.6) is 0 Å². The molecule has 0 spiro atoms. The maximum atomic E-state index is 11.0. The highest BCUT2D eigenvalue weighted by Gasteiger charge is 2.08. The van der Waals surface area contributed by atoms with E-state index in [0.29, 0.717) is 16.4 Å². The van der Waals surface area contributed by atoms with Crippen molar-refractivity contribution in [2.24, 2.45) is 0 Å². The van der Waals surface area contributed by atoms with Crippen molar-refractivity contribution < 1.29 is 4.79 Å². The van der Waals surface area contributed by atoms with Crippen LogP contribution in [0, 0.1) is 0 Å². The Labute approximate surface area is 97.3 Å². The Morgan fingerprint density at radius 2 is 2.00 bits per heavy atom. The second kappa shape index (κ2) is 4.37. The van der Waals surface area contributed by atoms with Crippen LogP contribution < -0.4 is 0 Å². The van der Waals surface area contributed by atoms with Gasteiger partial charge in [0.1, 0.15) is 5.69 Å². The number of hydrogen-bond donors (Lipinski definition) is 0. The first-order valence-corrected chi connectivity index (χ1v) is 5.02. The van der Waals surface area contributed by atoms with Gasteiger partial charge in [0.05, 0.1) is 11.2 Å². The first-order valence-electron chi connectivity index (χ1n) is 4.64. The molecule has 4 nitrogen and oxygen atoms in total. The maximum absolute atomic E-state index is 11.0. The average molecular weight is 234 g/mol. The number of carbonyl (C=O) groups excluding carboxylic acids is 1. The number of Topliss-reactive ketones (excluding diaryl/α,β-unsaturated/α-hetero) is 1. The Morgan fingerprint density at radius 3 is 2.56 bits per heavy atom. The summed E-state index contributed by atoms with van der Waals surface area (Å²) in [5, 5.41) is 8.20. The molecule has 0 unspecified atom stereocenters. The molecule has 0 atom stereocenters. The molecule has 0 amide bonds. The van der Waals surface area contributed by atoms with Crippen LogP contribution in [-0.2, 0) is 0 Å². The van der Waals surface area contributed by atoms with Gasteiger partial charge in [-0.05, 0) is 12.1 Å². The molecule has 5 heteroatoms. The van der Waals surface area contributed by atoms with Crippen molar-refractivity contribution in [3.63, 3.8) is 0 Å². The smallest absolute Gasteiger partial charge is 0.183 e. The number of halogens is 1. The van der Waals surface area contributed by atoms with Crippen molar-refractivity contribution in [3.8, 4) is 11.4 Å².